The maximum atomic E-state index is 12.6. The van der Waals surface area contributed by atoms with Crippen molar-refractivity contribution in [3.05, 3.63) is 28.9 Å². The van der Waals surface area contributed by atoms with Gasteiger partial charge in [0, 0.05) is 51.0 Å². The first-order chi connectivity index (χ1) is 12.1. The van der Waals surface area contributed by atoms with Crippen molar-refractivity contribution in [2.45, 2.75) is 31.8 Å². The molecule has 2 atom stereocenters. The van der Waals surface area contributed by atoms with Gasteiger partial charge in [-0.3, -0.25) is 14.2 Å². The van der Waals surface area contributed by atoms with E-state index in [1.165, 1.54) is 10.8 Å². The second-order valence-electron chi connectivity index (χ2n) is 6.72. The van der Waals surface area contributed by atoms with Crippen LogP contribution in [0.3, 0.4) is 0 Å². The molecule has 8 nitrogen and oxygen atoms in total. The zero-order valence-corrected chi connectivity index (χ0v) is 14.6. The number of nitrogens with one attached hydrogen (secondary N) is 1. The summed E-state index contributed by atoms with van der Waals surface area (Å²) in [7, 11) is 1.88. The third kappa shape index (κ3) is 3.89. The highest BCUT2D eigenvalue weighted by atomic mass is 16.2. The fourth-order valence-corrected chi connectivity index (χ4v) is 3.85. The lowest BCUT2D eigenvalue weighted by Crippen LogP contribution is -2.58. The smallest absolute Gasteiger partial charge is 0.341 e. The minimum atomic E-state index is -0.410. The standard InChI is InChI=1S/C17H25N5O3/c1-18-7-10-22-14-5-9-20(11-13(14)3-4-15(22)23)16(24)12-21-8-2-6-19-17(21)25/h2,6,8,13-14,18H,3-5,7,9-12H2,1H3/t13-,14+/m0/s1. The molecule has 0 spiro atoms. The first-order valence-corrected chi connectivity index (χ1v) is 8.83. The van der Waals surface area contributed by atoms with E-state index in [1.54, 1.807) is 12.3 Å². The van der Waals surface area contributed by atoms with Gasteiger partial charge in [-0.2, -0.15) is 0 Å². The van der Waals surface area contributed by atoms with Crippen LogP contribution in [0.1, 0.15) is 19.3 Å². The normalized spacial score (nSPS) is 23.5. The fourth-order valence-electron chi connectivity index (χ4n) is 3.85. The summed E-state index contributed by atoms with van der Waals surface area (Å²) in [5.41, 5.74) is -0.410. The minimum absolute atomic E-state index is 0.0203. The molecule has 0 aliphatic carbocycles. The van der Waals surface area contributed by atoms with Gasteiger partial charge in [-0.05, 0) is 31.9 Å². The summed E-state index contributed by atoms with van der Waals surface area (Å²) >= 11 is 0. The molecule has 0 bridgehead atoms. The number of carbonyl (C=O) groups is 2. The van der Waals surface area contributed by atoms with E-state index in [-0.39, 0.29) is 24.4 Å². The summed E-state index contributed by atoms with van der Waals surface area (Å²) in [5, 5.41) is 3.09. The molecule has 0 aromatic carbocycles. The largest absolute Gasteiger partial charge is 0.347 e. The van der Waals surface area contributed by atoms with Crippen LogP contribution in [-0.4, -0.2) is 70.4 Å². The number of hydrogen-bond acceptors (Lipinski definition) is 5. The molecule has 2 aliphatic rings. The van der Waals surface area contributed by atoms with Crippen molar-refractivity contribution in [2.24, 2.45) is 5.92 Å². The Bertz CT molecular complexity index is 689. The van der Waals surface area contributed by atoms with Crippen LogP contribution in [0.5, 0.6) is 0 Å². The van der Waals surface area contributed by atoms with Crippen molar-refractivity contribution >= 4 is 11.8 Å². The number of aromatic nitrogens is 2. The van der Waals surface area contributed by atoms with E-state index in [0.717, 1.165) is 25.9 Å². The Labute approximate surface area is 146 Å². The molecule has 8 heteroatoms. The first-order valence-electron chi connectivity index (χ1n) is 8.83. The summed E-state index contributed by atoms with van der Waals surface area (Å²) in [4.78, 5) is 43.9. The summed E-state index contributed by atoms with van der Waals surface area (Å²) in [6, 6.07) is 1.87. The number of nitrogens with zero attached hydrogens (tertiary/aromatic N) is 4. The number of hydrogen-bond donors (Lipinski definition) is 1. The molecule has 2 amide bonds. The number of amides is 2. The third-order valence-corrected chi connectivity index (χ3v) is 5.19. The molecule has 1 aromatic rings. The molecule has 3 rings (SSSR count). The van der Waals surface area contributed by atoms with Gasteiger partial charge in [0.15, 0.2) is 0 Å². The monoisotopic (exact) mass is 347 g/mol. The van der Waals surface area contributed by atoms with E-state index in [0.29, 0.717) is 25.4 Å². The second-order valence-corrected chi connectivity index (χ2v) is 6.72. The molecule has 0 unspecified atom stereocenters. The number of piperidine rings is 2. The Morgan fingerprint density at radius 3 is 2.96 bits per heavy atom. The highest BCUT2D eigenvalue weighted by molar-refractivity contribution is 5.78. The predicted octanol–water partition coefficient (Wildman–Crippen LogP) is -0.698. The molecule has 2 saturated heterocycles. The van der Waals surface area contributed by atoms with E-state index >= 15 is 0 Å². The van der Waals surface area contributed by atoms with Crippen LogP contribution in [0.4, 0.5) is 0 Å². The van der Waals surface area contributed by atoms with E-state index in [2.05, 4.69) is 10.3 Å². The Balaban J connectivity index is 1.63. The fraction of sp³-hybridized carbons (Fsp3) is 0.647. The van der Waals surface area contributed by atoms with Gasteiger partial charge in [0.25, 0.3) is 0 Å². The first kappa shape index (κ1) is 17.6. The highest BCUT2D eigenvalue weighted by Gasteiger charge is 2.39. The predicted molar refractivity (Wildman–Crippen MR) is 91.8 cm³/mol. The second kappa shape index (κ2) is 7.77. The van der Waals surface area contributed by atoms with Gasteiger partial charge in [0.05, 0.1) is 0 Å². The molecule has 0 radical (unpaired) electrons. The highest BCUT2D eigenvalue weighted by Crippen LogP contribution is 2.31. The van der Waals surface area contributed by atoms with E-state index in [4.69, 9.17) is 0 Å². The zero-order valence-electron chi connectivity index (χ0n) is 14.6. The van der Waals surface area contributed by atoms with Gasteiger partial charge in [-0.15, -0.1) is 0 Å². The SMILES string of the molecule is CNCCN1C(=O)CC[C@H]2CN(C(=O)Cn3cccnc3=O)CC[C@H]21. The van der Waals surface area contributed by atoms with Crippen LogP contribution in [0.25, 0.3) is 0 Å². The lowest BCUT2D eigenvalue weighted by Gasteiger charge is -2.47. The third-order valence-electron chi connectivity index (χ3n) is 5.19. The zero-order chi connectivity index (χ0) is 17.8. The van der Waals surface area contributed by atoms with Gasteiger partial charge in [-0.1, -0.05) is 0 Å². The lowest BCUT2D eigenvalue weighted by atomic mass is 9.83. The summed E-state index contributed by atoms with van der Waals surface area (Å²) < 4.78 is 1.33. The van der Waals surface area contributed by atoms with Crippen LogP contribution in [0.15, 0.2) is 23.3 Å². The molecule has 136 valence electrons. The van der Waals surface area contributed by atoms with Crippen LogP contribution >= 0.6 is 0 Å². The minimum Gasteiger partial charge on any atom is -0.341 e. The molecular formula is C17H25N5O3. The van der Waals surface area contributed by atoms with Crippen molar-refractivity contribution in [3.63, 3.8) is 0 Å². The van der Waals surface area contributed by atoms with Crippen LogP contribution in [-0.2, 0) is 16.1 Å². The van der Waals surface area contributed by atoms with Gasteiger partial charge in [-0.25, -0.2) is 9.78 Å². The molecule has 2 fully saturated rings. The van der Waals surface area contributed by atoms with Crippen molar-refractivity contribution < 1.29 is 9.59 Å². The molecule has 25 heavy (non-hydrogen) atoms. The number of likely N-dealkylation sites (tertiary alicyclic amines) is 2. The maximum absolute atomic E-state index is 12.6. The average Bonchev–Trinajstić information content (AvgIpc) is 2.62. The number of fused-ring (bicyclic) bond motifs is 1. The molecule has 1 N–H and O–H groups in total. The number of carbonyl (C=O) groups excluding carboxylic acids is 2. The lowest BCUT2D eigenvalue weighted by molar-refractivity contribution is -0.144. The van der Waals surface area contributed by atoms with E-state index in [9.17, 15) is 14.4 Å². The molecule has 3 heterocycles. The molecule has 1 aromatic heterocycles. The summed E-state index contributed by atoms with van der Waals surface area (Å²) in [6.45, 7) is 2.80. The molecular weight excluding hydrogens is 322 g/mol. The van der Waals surface area contributed by atoms with Gasteiger partial charge < -0.3 is 15.1 Å². The Hall–Kier alpha value is -2.22. The van der Waals surface area contributed by atoms with E-state index < -0.39 is 5.69 Å². The number of rotatable bonds is 5. The Morgan fingerprint density at radius 2 is 2.20 bits per heavy atom. The van der Waals surface area contributed by atoms with Crippen LogP contribution in [0.2, 0.25) is 0 Å². The molecule has 0 saturated carbocycles. The van der Waals surface area contributed by atoms with Crippen LogP contribution < -0.4 is 11.0 Å². The Kier molecular flexibility index (Phi) is 5.47. The molecule has 2 aliphatic heterocycles. The van der Waals surface area contributed by atoms with Crippen molar-refractivity contribution in [2.75, 3.05) is 33.2 Å². The topological polar surface area (TPSA) is 87.5 Å². The Morgan fingerprint density at radius 1 is 1.36 bits per heavy atom. The quantitative estimate of drug-likeness (QED) is 0.761. The van der Waals surface area contributed by atoms with Crippen molar-refractivity contribution in [1.82, 2.24) is 24.7 Å². The van der Waals surface area contributed by atoms with Gasteiger partial charge in [0.2, 0.25) is 11.8 Å². The number of likely N-dealkylation sites (N-methyl/N-ethyl adjacent to an activating group) is 1. The van der Waals surface area contributed by atoms with Crippen LogP contribution in [0, 0.1) is 5.92 Å². The average molecular weight is 347 g/mol. The van der Waals surface area contributed by atoms with Crippen molar-refractivity contribution in [3.8, 4) is 0 Å². The van der Waals surface area contributed by atoms with Crippen molar-refractivity contribution in [1.29, 1.82) is 0 Å². The summed E-state index contributed by atoms with van der Waals surface area (Å²) in [6.07, 6.45) is 5.19. The summed E-state index contributed by atoms with van der Waals surface area (Å²) in [5.74, 6) is 0.475. The van der Waals surface area contributed by atoms with E-state index in [1.807, 2.05) is 16.8 Å². The van der Waals surface area contributed by atoms with Gasteiger partial charge in [0.1, 0.15) is 6.54 Å². The van der Waals surface area contributed by atoms with Gasteiger partial charge >= 0.3 is 5.69 Å². The maximum Gasteiger partial charge on any atom is 0.347 e.